The minimum Gasteiger partial charge on any atom is -0.506 e. The Bertz CT molecular complexity index is 1640. The van der Waals surface area contributed by atoms with Crippen LogP contribution in [0.2, 0.25) is 0 Å². The molecule has 0 saturated carbocycles. The normalized spacial score (nSPS) is 13.9. The van der Waals surface area contributed by atoms with Gasteiger partial charge in [0, 0.05) is 17.2 Å². The van der Waals surface area contributed by atoms with Gasteiger partial charge in [-0.25, -0.2) is 13.8 Å². The van der Waals surface area contributed by atoms with Crippen molar-refractivity contribution in [2.24, 2.45) is 10.1 Å². The lowest BCUT2D eigenvalue weighted by atomic mass is 9.98. The number of aliphatic hydroxyl groups is 2. The average Bonchev–Trinajstić information content (AvgIpc) is 3.26. The van der Waals surface area contributed by atoms with Crippen molar-refractivity contribution >= 4 is 44.0 Å². The third-order valence-electron chi connectivity index (χ3n) is 5.27. The maximum atomic E-state index is 13.9. The van der Waals surface area contributed by atoms with E-state index in [-0.39, 0.29) is 17.0 Å². The number of H-pyrrole nitrogens is 1. The molecule has 0 spiro atoms. The van der Waals surface area contributed by atoms with E-state index in [4.69, 9.17) is 5.73 Å². The first-order valence-corrected chi connectivity index (χ1v) is 12.2. The van der Waals surface area contributed by atoms with Crippen molar-refractivity contribution < 1.29 is 32.2 Å². The monoisotopic (exact) mass is 526 g/mol. The van der Waals surface area contributed by atoms with Gasteiger partial charge >= 0.3 is 0 Å². The highest BCUT2D eigenvalue weighted by Gasteiger charge is 2.26. The number of aromatic nitrogens is 2. The Morgan fingerprint density at radius 2 is 1.70 bits per heavy atom. The molecule has 1 atom stereocenters. The van der Waals surface area contributed by atoms with Crippen LogP contribution in [0.5, 0.6) is 0 Å². The van der Waals surface area contributed by atoms with Gasteiger partial charge in [-0.15, -0.1) is 4.40 Å². The van der Waals surface area contributed by atoms with E-state index < -0.39 is 55.6 Å². The number of fused-ring (bicyclic) bond motifs is 1. The molecule has 4 aromatic rings. The first-order chi connectivity index (χ1) is 17.5. The number of para-hydroxylation sites is 2. The number of halogens is 2. The first kappa shape index (κ1) is 25.7. The molecule has 0 radical (unpaired) electrons. The standard InChI is InChI=1S/C25H20F2N4O5S/c1-13(32)24(28)31-37(35,36)18-6-4-5-14(11-18)22(33)21(23(34)15-9-16(26)12-17(27)10-15)25-29-19-7-2-3-8-20(19)30-25/h2-13,32,34H,1H3,(H2,28,31)(H,29,30). The van der Waals surface area contributed by atoms with E-state index >= 15 is 0 Å². The number of aromatic amines is 1. The zero-order chi connectivity index (χ0) is 26.9. The molecule has 1 aromatic heterocycles. The number of hydrogen-bond donors (Lipinski definition) is 4. The van der Waals surface area contributed by atoms with Gasteiger partial charge in [0.25, 0.3) is 10.0 Å². The third kappa shape index (κ3) is 5.39. The molecular formula is C25H20F2N4O5S. The molecule has 0 saturated heterocycles. The van der Waals surface area contributed by atoms with Crippen molar-refractivity contribution in [1.29, 1.82) is 0 Å². The van der Waals surface area contributed by atoms with Gasteiger partial charge in [0.15, 0.2) is 0 Å². The maximum absolute atomic E-state index is 13.9. The number of Topliss-reactive ketones (excluding diaryl/α,β-unsaturated/α-hetero) is 1. The van der Waals surface area contributed by atoms with Crippen molar-refractivity contribution in [2.75, 3.05) is 0 Å². The van der Waals surface area contributed by atoms with E-state index in [1.165, 1.54) is 19.1 Å². The quantitative estimate of drug-likeness (QED) is 0.0942. The predicted molar refractivity (Wildman–Crippen MR) is 133 cm³/mol. The number of aliphatic hydroxyl groups excluding tert-OH is 2. The van der Waals surface area contributed by atoms with Gasteiger partial charge in [0.05, 0.1) is 15.9 Å². The lowest BCUT2D eigenvalue weighted by molar-refractivity contribution is 0.105. The Hall–Kier alpha value is -4.42. The van der Waals surface area contributed by atoms with Crippen LogP contribution in [-0.2, 0) is 10.0 Å². The molecule has 5 N–H and O–H groups in total. The van der Waals surface area contributed by atoms with Gasteiger partial charge in [0.1, 0.15) is 40.7 Å². The fourth-order valence-corrected chi connectivity index (χ4v) is 4.51. The second kappa shape index (κ2) is 9.91. The van der Waals surface area contributed by atoms with Crippen molar-refractivity contribution in [3.63, 3.8) is 0 Å². The number of imidazole rings is 1. The summed E-state index contributed by atoms with van der Waals surface area (Å²) in [7, 11) is -4.41. The number of carbonyl (C=O) groups excluding carboxylic acids is 1. The van der Waals surface area contributed by atoms with E-state index in [1.807, 2.05) is 0 Å². The van der Waals surface area contributed by atoms with Crippen LogP contribution < -0.4 is 5.73 Å². The fraction of sp³-hybridized carbons (Fsp3) is 0.0800. The Labute approximate surface area is 209 Å². The predicted octanol–water partition coefficient (Wildman–Crippen LogP) is 3.58. The molecule has 0 fully saturated rings. The number of hydrogen-bond acceptors (Lipinski definition) is 6. The van der Waals surface area contributed by atoms with Crippen molar-refractivity contribution in [2.45, 2.75) is 17.9 Å². The molecule has 12 heteroatoms. The lowest BCUT2D eigenvalue weighted by Gasteiger charge is -2.10. The molecule has 0 amide bonds. The number of ketones is 1. The minimum absolute atomic E-state index is 0.113. The first-order valence-electron chi connectivity index (χ1n) is 10.7. The van der Waals surface area contributed by atoms with Crippen LogP contribution >= 0.6 is 0 Å². The molecule has 0 aliphatic rings. The van der Waals surface area contributed by atoms with E-state index in [0.717, 1.165) is 24.3 Å². The van der Waals surface area contributed by atoms with Crippen LogP contribution in [0.4, 0.5) is 8.78 Å². The number of sulfonamides is 1. The van der Waals surface area contributed by atoms with E-state index in [2.05, 4.69) is 14.4 Å². The summed E-state index contributed by atoms with van der Waals surface area (Å²) in [4.78, 5) is 20.4. The van der Waals surface area contributed by atoms with E-state index in [0.29, 0.717) is 17.1 Å². The number of nitrogens with zero attached hydrogens (tertiary/aromatic N) is 2. The van der Waals surface area contributed by atoms with E-state index in [1.54, 1.807) is 24.3 Å². The summed E-state index contributed by atoms with van der Waals surface area (Å²) in [5.74, 6) is -4.32. The molecule has 0 aliphatic carbocycles. The molecule has 1 unspecified atom stereocenters. The zero-order valence-corrected chi connectivity index (χ0v) is 20.0. The fourth-order valence-electron chi connectivity index (χ4n) is 3.44. The van der Waals surface area contributed by atoms with Gasteiger partial charge in [-0.05, 0) is 43.3 Å². The van der Waals surface area contributed by atoms with Crippen LogP contribution in [-0.4, -0.2) is 46.3 Å². The Kier molecular flexibility index (Phi) is 6.88. The summed E-state index contributed by atoms with van der Waals surface area (Å²) in [5, 5.41) is 20.5. The molecule has 4 rings (SSSR count). The highest BCUT2D eigenvalue weighted by molar-refractivity contribution is 7.90. The summed E-state index contributed by atoms with van der Waals surface area (Å²) < 4.78 is 56.5. The van der Waals surface area contributed by atoms with Crippen LogP contribution in [0.15, 0.2) is 76.0 Å². The van der Waals surface area contributed by atoms with Crippen molar-refractivity contribution in [3.8, 4) is 0 Å². The number of amidine groups is 1. The van der Waals surface area contributed by atoms with Gasteiger partial charge in [-0.3, -0.25) is 4.79 Å². The molecule has 190 valence electrons. The number of nitrogens with two attached hydrogens (primary N) is 1. The minimum atomic E-state index is -4.41. The number of nitrogens with one attached hydrogen (secondary N) is 1. The summed E-state index contributed by atoms with van der Waals surface area (Å²) in [6.07, 6.45) is -1.33. The molecule has 0 aliphatic heterocycles. The smallest absolute Gasteiger partial charge is 0.284 e. The van der Waals surface area contributed by atoms with Crippen LogP contribution in [0, 0.1) is 11.6 Å². The number of rotatable bonds is 7. The number of carbonyl (C=O) groups is 1. The average molecular weight is 527 g/mol. The number of allylic oxidation sites excluding steroid dienone is 1. The summed E-state index contributed by atoms with van der Waals surface area (Å²) in [6, 6.07) is 13.7. The van der Waals surface area contributed by atoms with Gasteiger partial charge in [-0.2, -0.15) is 8.42 Å². The molecular weight excluding hydrogens is 506 g/mol. The second-order valence-electron chi connectivity index (χ2n) is 8.01. The maximum Gasteiger partial charge on any atom is 0.284 e. The Balaban J connectivity index is 1.90. The highest BCUT2D eigenvalue weighted by Crippen LogP contribution is 2.29. The Morgan fingerprint density at radius 3 is 2.35 bits per heavy atom. The van der Waals surface area contributed by atoms with Crippen LogP contribution in [0.1, 0.15) is 28.7 Å². The molecule has 1 heterocycles. The summed E-state index contributed by atoms with van der Waals surface area (Å²) in [5.41, 5.74) is 5.43. The van der Waals surface area contributed by atoms with Gasteiger partial charge in [-0.1, -0.05) is 24.3 Å². The SMILES string of the molecule is CC(O)C(N)=NS(=O)(=O)c1cccc(C(=O)C(=C(O)c2cc(F)cc(F)c2)c2nc3ccccc3[nH]2)c1. The van der Waals surface area contributed by atoms with Gasteiger partial charge in [0.2, 0.25) is 5.78 Å². The van der Waals surface area contributed by atoms with Crippen LogP contribution in [0.25, 0.3) is 22.4 Å². The van der Waals surface area contributed by atoms with Crippen molar-refractivity contribution in [3.05, 3.63) is 95.3 Å². The molecule has 37 heavy (non-hydrogen) atoms. The largest absolute Gasteiger partial charge is 0.506 e. The summed E-state index contributed by atoms with van der Waals surface area (Å²) >= 11 is 0. The molecule has 3 aromatic carbocycles. The molecule has 9 nitrogen and oxygen atoms in total. The van der Waals surface area contributed by atoms with Crippen LogP contribution in [0.3, 0.4) is 0 Å². The highest BCUT2D eigenvalue weighted by atomic mass is 32.2. The summed E-state index contributed by atoms with van der Waals surface area (Å²) in [6.45, 7) is 1.23. The van der Waals surface area contributed by atoms with Gasteiger partial charge < -0.3 is 20.9 Å². The Morgan fingerprint density at radius 1 is 1.03 bits per heavy atom. The molecule has 0 bridgehead atoms. The van der Waals surface area contributed by atoms with E-state index in [9.17, 15) is 32.2 Å². The third-order valence-corrected chi connectivity index (χ3v) is 6.57. The topological polar surface area (TPSA) is 159 Å². The second-order valence-corrected chi connectivity index (χ2v) is 9.61. The van der Waals surface area contributed by atoms with Crippen molar-refractivity contribution in [1.82, 2.24) is 9.97 Å². The number of benzene rings is 3. The zero-order valence-electron chi connectivity index (χ0n) is 19.2. The lowest BCUT2D eigenvalue weighted by Crippen LogP contribution is -2.27.